The van der Waals surface area contributed by atoms with E-state index in [0.29, 0.717) is 21.7 Å². The second-order valence-electron chi connectivity index (χ2n) is 6.31. The number of hydrogen-bond donors (Lipinski definition) is 2. The first-order valence-electron chi connectivity index (χ1n) is 8.81. The van der Waals surface area contributed by atoms with Crippen LogP contribution in [0.5, 0.6) is 0 Å². The highest BCUT2D eigenvalue weighted by molar-refractivity contribution is 6.30. The topological polar surface area (TPSA) is 97.5 Å². The molecule has 3 aromatic rings. The van der Waals surface area contributed by atoms with Crippen LogP contribution in [0.15, 0.2) is 59.4 Å². The molecule has 2 N–H and O–H groups in total. The number of rotatable bonds is 7. The number of fused-ring (bicyclic) bond motifs is 1. The maximum Gasteiger partial charge on any atom is 0.331 e. The summed E-state index contributed by atoms with van der Waals surface area (Å²) in [4.78, 5) is 39.9. The summed E-state index contributed by atoms with van der Waals surface area (Å²) in [7, 11) is 1.39. The zero-order valence-corrected chi connectivity index (χ0v) is 16.4. The van der Waals surface area contributed by atoms with Crippen molar-refractivity contribution in [2.45, 2.75) is 12.5 Å². The zero-order chi connectivity index (χ0) is 20.8. The van der Waals surface area contributed by atoms with Crippen molar-refractivity contribution in [3.63, 3.8) is 0 Å². The molecule has 7 nitrogen and oxygen atoms in total. The number of pyridine rings is 1. The maximum absolute atomic E-state index is 12.6. The Hall–Kier alpha value is -3.16. The van der Waals surface area contributed by atoms with Gasteiger partial charge in [-0.25, -0.2) is 4.79 Å². The molecular formula is C21H19ClN2O5. The molecule has 1 heterocycles. The molecule has 29 heavy (non-hydrogen) atoms. The van der Waals surface area contributed by atoms with E-state index in [4.69, 9.17) is 21.1 Å². The number of ether oxygens (including phenoxy) is 2. The Kier molecular flexibility index (Phi) is 6.64. The van der Waals surface area contributed by atoms with E-state index in [-0.39, 0.29) is 18.8 Å². The van der Waals surface area contributed by atoms with Gasteiger partial charge in [-0.05, 0) is 35.9 Å². The van der Waals surface area contributed by atoms with Crippen LogP contribution in [0.2, 0.25) is 5.02 Å². The van der Waals surface area contributed by atoms with Crippen LogP contribution < -0.4 is 10.9 Å². The minimum atomic E-state index is -1.02. The lowest BCUT2D eigenvalue weighted by Crippen LogP contribution is -2.43. The molecule has 0 aliphatic rings. The lowest BCUT2D eigenvalue weighted by Gasteiger charge is -2.18. The Morgan fingerprint density at radius 1 is 1.14 bits per heavy atom. The van der Waals surface area contributed by atoms with Gasteiger partial charge >= 0.3 is 5.97 Å². The van der Waals surface area contributed by atoms with E-state index in [1.165, 1.54) is 13.2 Å². The van der Waals surface area contributed by atoms with Gasteiger partial charge < -0.3 is 19.8 Å². The van der Waals surface area contributed by atoms with Gasteiger partial charge in [0.1, 0.15) is 6.04 Å². The molecule has 1 aromatic heterocycles. The van der Waals surface area contributed by atoms with Crippen molar-refractivity contribution in [2.75, 3.05) is 13.9 Å². The first-order chi connectivity index (χ1) is 14.0. The molecule has 2 aromatic carbocycles. The molecular weight excluding hydrogens is 396 g/mol. The van der Waals surface area contributed by atoms with Gasteiger partial charge in [0.25, 0.3) is 5.91 Å². The molecule has 0 radical (unpaired) electrons. The number of nitrogens with one attached hydrogen (secondary N) is 2. The minimum absolute atomic E-state index is 0.0757. The fraction of sp³-hybridized carbons (Fsp3) is 0.190. The summed E-state index contributed by atoms with van der Waals surface area (Å²) in [5.74, 6) is -1.13. The smallest absolute Gasteiger partial charge is 0.331 e. The number of aromatic amines is 1. The molecule has 150 valence electrons. The van der Waals surface area contributed by atoms with E-state index in [1.807, 2.05) is 12.1 Å². The van der Waals surface area contributed by atoms with E-state index in [0.717, 1.165) is 5.39 Å². The summed E-state index contributed by atoms with van der Waals surface area (Å²) in [6, 6.07) is 13.9. The predicted molar refractivity (Wildman–Crippen MR) is 109 cm³/mol. The monoisotopic (exact) mass is 414 g/mol. The van der Waals surface area contributed by atoms with Crippen LogP contribution in [-0.4, -0.2) is 36.8 Å². The number of H-pyrrole nitrogens is 1. The fourth-order valence-electron chi connectivity index (χ4n) is 2.92. The minimum Gasteiger partial charge on any atom is -0.437 e. The van der Waals surface area contributed by atoms with Crippen LogP contribution in [0.4, 0.5) is 0 Å². The highest BCUT2D eigenvalue weighted by Crippen LogP contribution is 2.17. The average molecular weight is 415 g/mol. The lowest BCUT2D eigenvalue weighted by atomic mass is 10.0. The molecule has 0 spiro atoms. The molecule has 8 heteroatoms. The van der Waals surface area contributed by atoms with Gasteiger partial charge in [0.2, 0.25) is 5.56 Å². The van der Waals surface area contributed by atoms with Gasteiger partial charge in [-0.15, -0.1) is 0 Å². The van der Waals surface area contributed by atoms with Crippen molar-refractivity contribution < 1.29 is 19.1 Å². The quantitative estimate of drug-likeness (QED) is 0.457. The van der Waals surface area contributed by atoms with Gasteiger partial charge in [0.05, 0.1) is 0 Å². The number of hydrogen-bond acceptors (Lipinski definition) is 5. The van der Waals surface area contributed by atoms with Crippen molar-refractivity contribution in [3.8, 4) is 0 Å². The van der Waals surface area contributed by atoms with Crippen LogP contribution in [0.25, 0.3) is 10.9 Å². The maximum atomic E-state index is 12.6. The normalized spacial score (nSPS) is 11.8. The van der Waals surface area contributed by atoms with Crippen LogP contribution in [0.3, 0.4) is 0 Å². The van der Waals surface area contributed by atoms with E-state index in [1.54, 1.807) is 36.4 Å². The largest absolute Gasteiger partial charge is 0.437 e. The third-order valence-corrected chi connectivity index (χ3v) is 4.53. The van der Waals surface area contributed by atoms with Crippen LogP contribution in [0.1, 0.15) is 15.9 Å². The number of carbonyl (C=O) groups excluding carboxylic acids is 2. The van der Waals surface area contributed by atoms with E-state index in [9.17, 15) is 14.4 Å². The second kappa shape index (κ2) is 9.36. The first kappa shape index (κ1) is 20.6. The van der Waals surface area contributed by atoms with Gasteiger partial charge in [-0.3, -0.25) is 9.59 Å². The molecule has 0 saturated carbocycles. The van der Waals surface area contributed by atoms with Crippen LogP contribution in [0, 0.1) is 0 Å². The highest BCUT2D eigenvalue weighted by atomic mass is 35.5. The molecule has 0 aliphatic carbocycles. The zero-order valence-electron chi connectivity index (χ0n) is 15.6. The molecule has 1 atom stereocenters. The van der Waals surface area contributed by atoms with Crippen molar-refractivity contribution in [1.82, 2.24) is 10.3 Å². The average Bonchev–Trinajstić information content (AvgIpc) is 2.71. The van der Waals surface area contributed by atoms with E-state index in [2.05, 4.69) is 10.3 Å². The Balaban J connectivity index is 1.90. The first-order valence-corrected chi connectivity index (χ1v) is 9.18. The van der Waals surface area contributed by atoms with Crippen molar-refractivity contribution in [2.24, 2.45) is 0 Å². The SMILES string of the molecule is COCOC(=O)C(Cc1cc(=O)[nH]c2ccccc12)NC(=O)c1ccc(Cl)cc1. The Bertz CT molecular complexity index is 1080. The number of amides is 1. The summed E-state index contributed by atoms with van der Waals surface area (Å²) >= 11 is 5.86. The lowest BCUT2D eigenvalue weighted by molar-refractivity contribution is -0.156. The van der Waals surface area contributed by atoms with Gasteiger partial charge in [-0.2, -0.15) is 0 Å². The third kappa shape index (κ3) is 5.22. The fourth-order valence-corrected chi connectivity index (χ4v) is 3.05. The highest BCUT2D eigenvalue weighted by Gasteiger charge is 2.24. The number of esters is 1. The standard InChI is InChI=1S/C21H19ClN2O5/c1-28-12-29-21(27)18(24-20(26)13-6-8-15(22)9-7-13)10-14-11-19(25)23-17-5-3-2-4-16(14)17/h2-9,11,18H,10,12H2,1H3,(H,23,25)(H,24,26). The van der Waals surface area contributed by atoms with Crippen LogP contribution >= 0.6 is 11.6 Å². The van der Waals surface area contributed by atoms with E-state index < -0.39 is 17.9 Å². The number of aromatic nitrogens is 1. The van der Waals surface area contributed by atoms with Gasteiger partial charge in [0, 0.05) is 41.1 Å². The number of halogens is 1. The Labute approximate surface area is 171 Å². The summed E-state index contributed by atoms with van der Waals surface area (Å²) in [6.07, 6.45) is 0.0757. The van der Waals surface area contributed by atoms with Crippen LogP contribution in [-0.2, 0) is 20.7 Å². The summed E-state index contributed by atoms with van der Waals surface area (Å²) < 4.78 is 9.82. The molecule has 3 rings (SSSR count). The summed E-state index contributed by atoms with van der Waals surface area (Å²) in [6.45, 7) is -0.248. The number of carbonyl (C=O) groups is 2. The number of para-hydroxylation sites is 1. The van der Waals surface area contributed by atoms with E-state index >= 15 is 0 Å². The Morgan fingerprint density at radius 2 is 1.86 bits per heavy atom. The molecule has 0 aliphatic heterocycles. The summed E-state index contributed by atoms with van der Waals surface area (Å²) in [5.41, 5.74) is 1.30. The second-order valence-corrected chi connectivity index (χ2v) is 6.75. The number of benzene rings is 2. The molecule has 0 fully saturated rings. The van der Waals surface area contributed by atoms with Crippen molar-refractivity contribution >= 4 is 34.4 Å². The molecule has 1 unspecified atom stereocenters. The van der Waals surface area contributed by atoms with Crippen molar-refractivity contribution in [3.05, 3.63) is 81.1 Å². The van der Waals surface area contributed by atoms with Gasteiger partial charge in [-0.1, -0.05) is 29.8 Å². The summed E-state index contributed by atoms with van der Waals surface area (Å²) in [5, 5.41) is 3.94. The molecule has 0 saturated heterocycles. The van der Waals surface area contributed by atoms with Crippen molar-refractivity contribution in [1.29, 1.82) is 0 Å². The third-order valence-electron chi connectivity index (χ3n) is 4.28. The molecule has 0 bridgehead atoms. The Morgan fingerprint density at radius 3 is 2.59 bits per heavy atom. The number of methoxy groups -OCH3 is 1. The predicted octanol–water partition coefficient (Wildman–Crippen LogP) is 2.67. The molecule has 1 amide bonds. The van der Waals surface area contributed by atoms with Gasteiger partial charge in [0.15, 0.2) is 6.79 Å².